The Labute approximate surface area is 446 Å². The SMILES string of the molecule is CC(C)(C)c1cc(Oc2ccc3c4cc5c6cccc7c8ccccc8n(c5cc4n(-c4cc(C(C)(C)C)ccn4)c3c2)c76)cc(-n2[c](=[Pt])n(-c3c(-c4ccccc4)cccc3-c3ccccc3)c3ccccc32)c1. The molecule has 0 aliphatic carbocycles. The Kier molecular flexibility index (Phi) is 10.2. The summed E-state index contributed by atoms with van der Waals surface area (Å²) in [6.07, 6.45) is 1.96. The molecular formula is C68H53N5OPt. The first kappa shape index (κ1) is 45.3. The molecule has 0 unspecified atom stereocenters. The summed E-state index contributed by atoms with van der Waals surface area (Å²) in [5, 5.41) is 7.37. The van der Waals surface area contributed by atoms with Crippen LogP contribution in [0, 0.1) is 3.80 Å². The van der Waals surface area contributed by atoms with Gasteiger partial charge in [-0.2, -0.15) is 0 Å². The van der Waals surface area contributed by atoms with Gasteiger partial charge in [0.25, 0.3) is 0 Å². The van der Waals surface area contributed by atoms with E-state index in [0.29, 0.717) is 0 Å². The molecule has 0 bridgehead atoms. The zero-order chi connectivity index (χ0) is 50.9. The maximum atomic E-state index is 7.19. The van der Waals surface area contributed by atoms with Gasteiger partial charge in [0.2, 0.25) is 0 Å². The van der Waals surface area contributed by atoms with E-state index >= 15 is 0 Å². The Bertz CT molecular complexity index is 4600. The molecule has 6 nitrogen and oxygen atoms in total. The predicted molar refractivity (Wildman–Crippen MR) is 307 cm³/mol. The van der Waals surface area contributed by atoms with E-state index in [1.807, 2.05) is 6.20 Å². The maximum absolute atomic E-state index is 7.19. The van der Waals surface area contributed by atoms with Crippen LogP contribution in [0.5, 0.6) is 11.5 Å². The van der Waals surface area contributed by atoms with Gasteiger partial charge >= 0.3 is 320 Å². The molecule has 0 fully saturated rings. The summed E-state index contributed by atoms with van der Waals surface area (Å²) < 4.78 is 17.9. The van der Waals surface area contributed by atoms with Crippen LogP contribution in [-0.4, -0.2) is 23.1 Å². The van der Waals surface area contributed by atoms with Crippen LogP contribution in [0.25, 0.3) is 110 Å². The number of benzene rings is 9. The van der Waals surface area contributed by atoms with Crippen molar-refractivity contribution in [2.75, 3.05) is 0 Å². The van der Waals surface area contributed by atoms with E-state index in [0.717, 1.165) is 82.2 Å². The summed E-state index contributed by atoms with van der Waals surface area (Å²) in [7, 11) is 0. The van der Waals surface area contributed by atoms with E-state index in [-0.39, 0.29) is 10.8 Å². The number of rotatable bonds is 7. The van der Waals surface area contributed by atoms with Gasteiger partial charge in [0.05, 0.1) is 16.6 Å². The molecule has 366 valence electrons. The molecule has 75 heavy (non-hydrogen) atoms. The Morgan fingerprint density at radius 2 is 0.973 bits per heavy atom. The average Bonchev–Trinajstić information content (AvgIpc) is 4.30. The second-order valence-electron chi connectivity index (χ2n) is 22.0. The number of hydrogen-bond acceptors (Lipinski definition) is 2. The summed E-state index contributed by atoms with van der Waals surface area (Å²) in [5.74, 6) is 2.39. The number of imidazole rings is 1. The van der Waals surface area contributed by atoms with Crippen LogP contribution < -0.4 is 4.74 Å². The summed E-state index contributed by atoms with van der Waals surface area (Å²) in [4.78, 5) is 5.12. The second-order valence-corrected chi connectivity index (χ2v) is 23.0. The molecule has 0 atom stereocenters. The molecule has 14 aromatic rings. The third-order valence-electron chi connectivity index (χ3n) is 15.3. The first-order valence-electron chi connectivity index (χ1n) is 25.8. The van der Waals surface area contributed by atoms with Crippen molar-refractivity contribution < 1.29 is 24.1 Å². The van der Waals surface area contributed by atoms with Crippen LogP contribution in [0.1, 0.15) is 52.7 Å². The van der Waals surface area contributed by atoms with Gasteiger partial charge in [-0.15, -0.1) is 0 Å². The molecule has 0 saturated carbocycles. The fourth-order valence-corrected chi connectivity index (χ4v) is 12.7. The van der Waals surface area contributed by atoms with Crippen LogP contribution in [0.3, 0.4) is 0 Å². The minimum atomic E-state index is -0.186. The summed E-state index contributed by atoms with van der Waals surface area (Å²) in [6.45, 7) is 13.6. The quantitative estimate of drug-likeness (QED) is 0.160. The molecule has 0 spiro atoms. The molecule has 14 rings (SSSR count). The normalized spacial score (nSPS) is 12.5. The van der Waals surface area contributed by atoms with Crippen molar-refractivity contribution in [3.8, 4) is 50.9 Å². The molecule has 0 aliphatic heterocycles. The summed E-state index contributed by atoms with van der Waals surface area (Å²) in [6, 6.07) is 75.0. The van der Waals surface area contributed by atoms with Gasteiger partial charge in [-0.3, -0.25) is 0 Å². The van der Waals surface area contributed by atoms with Crippen molar-refractivity contribution in [1.82, 2.24) is 23.1 Å². The van der Waals surface area contributed by atoms with Crippen LogP contribution in [-0.2, 0) is 30.2 Å². The van der Waals surface area contributed by atoms with Crippen LogP contribution in [0.4, 0.5) is 0 Å². The number of fused-ring (bicyclic) bond motifs is 10. The van der Waals surface area contributed by atoms with E-state index < -0.39 is 0 Å². The van der Waals surface area contributed by atoms with E-state index in [1.54, 1.807) is 0 Å². The number of pyridine rings is 1. The predicted octanol–water partition coefficient (Wildman–Crippen LogP) is 17.9. The van der Waals surface area contributed by atoms with Crippen molar-refractivity contribution in [3.05, 3.63) is 227 Å². The molecule has 0 aliphatic rings. The molecule has 7 heteroatoms. The molecule has 9 aromatic carbocycles. The molecule has 5 aromatic heterocycles. The molecule has 0 radical (unpaired) electrons. The van der Waals surface area contributed by atoms with E-state index in [9.17, 15) is 0 Å². The average molecular weight is 1150 g/mol. The van der Waals surface area contributed by atoms with Gasteiger partial charge < -0.3 is 4.40 Å². The van der Waals surface area contributed by atoms with Crippen molar-refractivity contribution in [3.63, 3.8) is 0 Å². The number of para-hydroxylation sites is 5. The number of hydrogen-bond donors (Lipinski definition) is 0. The van der Waals surface area contributed by atoms with Crippen molar-refractivity contribution in [1.29, 1.82) is 0 Å². The third-order valence-corrected chi connectivity index (χ3v) is 16.3. The van der Waals surface area contributed by atoms with Crippen LogP contribution in [0.2, 0.25) is 0 Å². The van der Waals surface area contributed by atoms with Gasteiger partial charge in [-0.25, -0.2) is 0 Å². The zero-order valence-corrected chi connectivity index (χ0v) is 44.9. The fraction of sp³-hybridized carbons (Fsp3) is 0.118. The van der Waals surface area contributed by atoms with Crippen LogP contribution >= 0.6 is 0 Å². The monoisotopic (exact) mass is 1150 g/mol. The summed E-state index contributed by atoms with van der Waals surface area (Å²) >= 11 is 2.54. The van der Waals surface area contributed by atoms with Crippen molar-refractivity contribution in [2.24, 2.45) is 0 Å². The standard InChI is InChI=1S/C68H53N5O.Pt/c1-67(2,3)45-33-34-69-64(37-45)72-61-39-48(31-32-53(61)56-40-57-55-27-18-26-54-52-23-13-14-28-58(52)73(66(54)55)63(57)41-62(56)72)74-49-36-46(68(4,5)6)35-47(38-49)70-42-71(60-30-16-15-29-59(60)70)65-50(43-19-9-7-10-20-43)24-17-25-51(65)44-21-11-8-12-22-44;/h7-41H,1-6H3;. The Hall–Kier alpha value is -8.31. The first-order valence-corrected chi connectivity index (χ1v) is 26.9. The van der Waals surface area contributed by atoms with Gasteiger partial charge in [0, 0.05) is 27.7 Å². The van der Waals surface area contributed by atoms with Gasteiger partial charge in [0.1, 0.15) is 0 Å². The fourth-order valence-electron chi connectivity index (χ4n) is 11.6. The molecule has 0 N–H and O–H groups in total. The minimum absolute atomic E-state index is 0.0727. The molecular weight excluding hydrogens is 1100 g/mol. The molecule has 0 amide bonds. The van der Waals surface area contributed by atoms with Gasteiger partial charge in [-0.05, 0) is 23.1 Å². The number of ether oxygens (including phenoxy) is 1. The molecule has 5 heterocycles. The van der Waals surface area contributed by atoms with E-state index in [2.05, 4.69) is 285 Å². The topological polar surface area (TPSA) is 41.3 Å². The van der Waals surface area contributed by atoms with E-state index in [4.69, 9.17) is 9.72 Å². The van der Waals surface area contributed by atoms with E-state index in [1.165, 1.54) is 54.6 Å². The van der Waals surface area contributed by atoms with Gasteiger partial charge in [0.15, 0.2) is 0 Å². The number of nitrogens with zero attached hydrogens (tertiary/aromatic N) is 5. The molecule has 0 saturated heterocycles. The zero-order valence-electron chi connectivity index (χ0n) is 42.7. The number of aromatic nitrogens is 5. The third kappa shape index (κ3) is 7.18. The first-order chi connectivity index (χ1) is 36.4. The summed E-state index contributed by atoms with van der Waals surface area (Å²) in [5.41, 5.74) is 16.9. The van der Waals surface area contributed by atoms with Crippen molar-refractivity contribution in [2.45, 2.75) is 52.4 Å². The van der Waals surface area contributed by atoms with Crippen LogP contribution in [0.15, 0.2) is 212 Å². The Morgan fingerprint density at radius 3 is 1.67 bits per heavy atom. The van der Waals surface area contributed by atoms with Crippen molar-refractivity contribution >= 4 is 70.9 Å². The second kappa shape index (κ2) is 16.9. The van der Waals surface area contributed by atoms with Gasteiger partial charge in [-0.1, -0.05) is 57.2 Å². The Morgan fingerprint density at radius 1 is 0.400 bits per heavy atom. The Balaban J connectivity index is 0.970.